The van der Waals surface area contributed by atoms with Crippen LogP contribution in [0.2, 0.25) is 0 Å². The Balaban J connectivity index is 2.89. The molecular weight excluding hydrogens is 178 g/mol. The Morgan fingerprint density at radius 1 is 1.43 bits per heavy atom. The van der Waals surface area contributed by atoms with Crippen molar-refractivity contribution < 1.29 is 9.94 Å². The number of hydrogen-bond acceptors (Lipinski definition) is 3. The summed E-state index contributed by atoms with van der Waals surface area (Å²) in [6.07, 6.45) is -0.244. The van der Waals surface area contributed by atoms with Crippen LogP contribution in [-0.2, 0) is 4.74 Å². The van der Waals surface area contributed by atoms with Crippen LogP contribution in [0.4, 0.5) is 0 Å². The van der Waals surface area contributed by atoms with E-state index >= 15 is 0 Å². The maximum Gasteiger partial charge on any atom is 0.124 e. The summed E-state index contributed by atoms with van der Waals surface area (Å²) in [6.45, 7) is 4.25. The SMILES string of the molecule is CCOC(/C(C)=N/O)c1ccccc1. The van der Waals surface area contributed by atoms with Gasteiger partial charge in [0, 0.05) is 6.61 Å². The van der Waals surface area contributed by atoms with Crippen LogP contribution in [0.25, 0.3) is 0 Å². The Hall–Kier alpha value is -1.35. The van der Waals surface area contributed by atoms with Crippen molar-refractivity contribution in [3.8, 4) is 0 Å². The highest BCUT2D eigenvalue weighted by molar-refractivity contribution is 5.86. The van der Waals surface area contributed by atoms with Gasteiger partial charge in [-0.05, 0) is 19.4 Å². The van der Waals surface area contributed by atoms with Gasteiger partial charge in [-0.25, -0.2) is 0 Å². The normalized spacial score (nSPS) is 14.0. The summed E-state index contributed by atoms with van der Waals surface area (Å²) in [4.78, 5) is 0. The van der Waals surface area contributed by atoms with E-state index in [4.69, 9.17) is 9.94 Å². The molecule has 1 aromatic rings. The largest absolute Gasteiger partial charge is 0.411 e. The molecule has 0 aromatic heterocycles. The molecular formula is C11H15NO2. The first-order valence-electron chi connectivity index (χ1n) is 4.64. The van der Waals surface area contributed by atoms with Crippen LogP contribution in [0.5, 0.6) is 0 Å². The van der Waals surface area contributed by atoms with Crippen molar-refractivity contribution in [2.24, 2.45) is 5.16 Å². The molecule has 0 saturated heterocycles. The van der Waals surface area contributed by atoms with Gasteiger partial charge in [-0.3, -0.25) is 0 Å². The Morgan fingerprint density at radius 3 is 2.57 bits per heavy atom. The minimum Gasteiger partial charge on any atom is -0.411 e. The van der Waals surface area contributed by atoms with Gasteiger partial charge in [0.2, 0.25) is 0 Å². The van der Waals surface area contributed by atoms with Crippen LogP contribution in [0, 0.1) is 0 Å². The van der Waals surface area contributed by atoms with E-state index in [0.717, 1.165) is 5.56 Å². The smallest absolute Gasteiger partial charge is 0.124 e. The highest BCUT2D eigenvalue weighted by atomic mass is 16.5. The monoisotopic (exact) mass is 193 g/mol. The van der Waals surface area contributed by atoms with Crippen molar-refractivity contribution >= 4 is 5.71 Å². The van der Waals surface area contributed by atoms with Crippen molar-refractivity contribution in [2.45, 2.75) is 20.0 Å². The minimum atomic E-state index is -0.244. The van der Waals surface area contributed by atoms with Crippen molar-refractivity contribution in [2.75, 3.05) is 6.61 Å². The summed E-state index contributed by atoms with van der Waals surface area (Å²) in [6, 6.07) is 9.72. The first kappa shape index (κ1) is 10.7. The Morgan fingerprint density at radius 2 is 2.07 bits per heavy atom. The van der Waals surface area contributed by atoms with E-state index in [1.165, 1.54) is 0 Å². The lowest BCUT2D eigenvalue weighted by Crippen LogP contribution is -2.13. The fourth-order valence-electron chi connectivity index (χ4n) is 1.30. The number of hydrogen-bond donors (Lipinski definition) is 1. The third kappa shape index (κ3) is 2.57. The summed E-state index contributed by atoms with van der Waals surface area (Å²) < 4.78 is 5.49. The minimum absolute atomic E-state index is 0.244. The van der Waals surface area contributed by atoms with E-state index in [1.54, 1.807) is 6.92 Å². The summed E-state index contributed by atoms with van der Waals surface area (Å²) in [7, 11) is 0. The van der Waals surface area contributed by atoms with Crippen LogP contribution in [-0.4, -0.2) is 17.5 Å². The van der Waals surface area contributed by atoms with Crippen molar-refractivity contribution in [1.82, 2.24) is 0 Å². The molecule has 0 aliphatic rings. The second-order valence-electron chi connectivity index (χ2n) is 2.99. The lowest BCUT2D eigenvalue weighted by atomic mass is 10.1. The van der Waals surface area contributed by atoms with Gasteiger partial charge in [-0.2, -0.15) is 0 Å². The number of rotatable bonds is 4. The molecule has 76 valence electrons. The second kappa shape index (κ2) is 5.40. The Labute approximate surface area is 84.0 Å². The molecule has 1 N–H and O–H groups in total. The van der Waals surface area contributed by atoms with E-state index in [1.807, 2.05) is 37.3 Å². The van der Waals surface area contributed by atoms with Gasteiger partial charge in [0.15, 0.2) is 0 Å². The topological polar surface area (TPSA) is 41.8 Å². The van der Waals surface area contributed by atoms with Gasteiger partial charge in [-0.15, -0.1) is 0 Å². The molecule has 0 heterocycles. The van der Waals surface area contributed by atoms with Crippen LogP contribution in [0.1, 0.15) is 25.5 Å². The molecule has 0 fully saturated rings. The van der Waals surface area contributed by atoms with E-state index in [0.29, 0.717) is 12.3 Å². The molecule has 1 atom stereocenters. The van der Waals surface area contributed by atoms with Gasteiger partial charge >= 0.3 is 0 Å². The zero-order valence-corrected chi connectivity index (χ0v) is 8.47. The van der Waals surface area contributed by atoms with Crippen molar-refractivity contribution in [1.29, 1.82) is 0 Å². The Bertz CT molecular complexity index is 295. The maximum atomic E-state index is 8.70. The Kier molecular flexibility index (Phi) is 4.13. The van der Waals surface area contributed by atoms with Gasteiger partial charge in [0.1, 0.15) is 6.10 Å². The van der Waals surface area contributed by atoms with E-state index in [2.05, 4.69) is 5.16 Å². The van der Waals surface area contributed by atoms with E-state index < -0.39 is 0 Å². The van der Waals surface area contributed by atoms with E-state index in [9.17, 15) is 0 Å². The summed E-state index contributed by atoms with van der Waals surface area (Å²) in [5.74, 6) is 0. The average Bonchev–Trinajstić information content (AvgIpc) is 2.26. The molecule has 3 heteroatoms. The molecule has 0 bridgehead atoms. The van der Waals surface area contributed by atoms with Gasteiger partial charge in [0.25, 0.3) is 0 Å². The summed E-state index contributed by atoms with van der Waals surface area (Å²) >= 11 is 0. The molecule has 3 nitrogen and oxygen atoms in total. The fourth-order valence-corrected chi connectivity index (χ4v) is 1.30. The van der Waals surface area contributed by atoms with Crippen LogP contribution >= 0.6 is 0 Å². The molecule has 0 aliphatic carbocycles. The molecule has 0 amide bonds. The number of nitrogens with zero attached hydrogens (tertiary/aromatic N) is 1. The highest BCUT2D eigenvalue weighted by Gasteiger charge is 2.14. The predicted octanol–water partition coefficient (Wildman–Crippen LogP) is 2.61. The number of ether oxygens (including phenoxy) is 1. The molecule has 1 unspecified atom stereocenters. The molecule has 1 rings (SSSR count). The third-order valence-electron chi connectivity index (χ3n) is 1.97. The predicted molar refractivity (Wildman–Crippen MR) is 55.7 cm³/mol. The van der Waals surface area contributed by atoms with Gasteiger partial charge in [0.05, 0.1) is 5.71 Å². The number of benzene rings is 1. The molecule has 0 aliphatic heterocycles. The zero-order valence-electron chi connectivity index (χ0n) is 8.47. The van der Waals surface area contributed by atoms with Gasteiger partial charge < -0.3 is 9.94 Å². The first-order valence-corrected chi connectivity index (χ1v) is 4.64. The van der Waals surface area contributed by atoms with Crippen LogP contribution in [0.3, 0.4) is 0 Å². The lowest BCUT2D eigenvalue weighted by molar-refractivity contribution is 0.107. The molecule has 14 heavy (non-hydrogen) atoms. The first-order chi connectivity index (χ1) is 6.79. The second-order valence-corrected chi connectivity index (χ2v) is 2.99. The summed E-state index contributed by atoms with van der Waals surface area (Å²) in [5, 5.41) is 11.9. The quantitative estimate of drug-likeness (QED) is 0.453. The highest BCUT2D eigenvalue weighted by Crippen LogP contribution is 2.18. The summed E-state index contributed by atoms with van der Waals surface area (Å²) in [5.41, 5.74) is 1.57. The third-order valence-corrected chi connectivity index (χ3v) is 1.97. The molecule has 0 spiro atoms. The molecule has 0 radical (unpaired) electrons. The zero-order chi connectivity index (χ0) is 10.4. The maximum absolute atomic E-state index is 8.70. The molecule has 1 aromatic carbocycles. The molecule has 0 saturated carbocycles. The van der Waals surface area contributed by atoms with Crippen molar-refractivity contribution in [3.63, 3.8) is 0 Å². The number of oxime groups is 1. The van der Waals surface area contributed by atoms with Crippen molar-refractivity contribution in [3.05, 3.63) is 35.9 Å². The van der Waals surface area contributed by atoms with Gasteiger partial charge in [-0.1, -0.05) is 35.5 Å². The standard InChI is InChI=1S/C11H15NO2/c1-3-14-11(9(2)12-13)10-7-5-4-6-8-10/h4-8,11,13H,3H2,1-2H3/b12-9+. The average molecular weight is 193 g/mol. The van der Waals surface area contributed by atoms with Crippen LogP contribution < -0.4 is 0 Å². The van der Waals surface area contributed by atoms with E-state index in [-0.39, 0.29) is 6.10 Å². The fraction of sp³-hybridized carbons (Fsp3) is 0.364. The van der Waals surface area contributed by atoms with Crippen LogP contribution in [0.15, 0.2) is 35.5 Å². The lowest BCUT2D eigenvalue weighted by Gasteiger charge is -2.15.